The molecule has 0 saturated carbocycles. The largest absolute Gasteiger partial charge is 0.314 e. The van der Waals surface area contributed by atoms with E-state index in [-0.39, 0.29) is 0 Å². The minimum atomic E-state index is 0.709. The standard InChI is InChI=1S/C19H33N/c1-4-7-15-18(5-2)19(20-6-3)16-11-14-17-12-9-8-10-13-17/h8-10,12-13,18-20H,4-7,11,14-16H2,1-3H3. The summed E-state index contributed by atoms with van der Waals surface area (Å²) < 4.78 is 0. The summed E-state index contributed by atoms with van der Waals surface area (Å²) >= 11 is 0. The molecule has 0 saturated heterocycles. The molecule has 0 amide bonds. The smallest absolute Gasteiger partial charge is 0.00952 e. The Balaban J connectivity index is 2.40. The summed E-state index contributed by atoms with van der Waals surface area (Å²) in [4.78, 5) is 0. The molecule has 0 aromatic heterocycles. The lowest BCUT2D eigenvalue weighted by Gasteiger charge is -2.27. The Kier molecular flexibility index (Phi) is 9.40. The molecule has 1 N–H and O–H groups in total. The number of hydrogen-bond donors (Lipinski definition) is 1. The first-order valence-electron chi connectivity index (χ1n) is 8.59. The Morgan fingerprint density at radius 2 is 1.70 bits per heavy atom. The van der Waals surface area contributed by atoms with Gasteiger partial charge in [-0.2, -0.15) is 0 Å². The highest BCUT2D eigenvalue weighted by Gasteiger charge is 2.18. The molecule has 0 fully saturated rings. The second-order valence-electron chi connectivity index (χ2n) is 5.85. The van der Waals surface area contributed by atoms with Crippen LogP contribution < -0.4 is 5.32 Å². The Hall–Kier alpha value is -0.820. The lowest BCUT2D eigenvalue weighted by atomic mass is 9.88. The maximum Gasteiger partial charge on any atom is 0.00952 e. The number of benzene rings is 1. The molecule has 0 heterocycles. The topological polar surface area (TPSA) is 12.0 Å². The van der Waals surface area contributed by atoms with Gasteiger partial charge in [-0.25, -0.2) is 0 Å². The Morgan fingerprint density at radius 3 is 2.30 bits per heavy atom. The van der Waals surface area contributed by atoms with Crippen molar-refractivity contribution in [2.45, 2.75) is 71.8 Å². The van der Waals surface area contributed by atoms with Crippen molar-refractivity contribution in [1.29, 1.82) is 0 Å². The molecule has 2 atom stereocenters. The summed E-state index contributed by atoms with van der Waals surface area (Å²) in [5.41, 5.74) is 1.48. The number of hydrogen-bond acceptors (Lipinski definition) is 1. The second-order valence-corrected chi connectivity index (χ2v) is 5.85. The van der Waals surface area contributed by atoms with E-state index in [1.807, 2.05) is 0 Å². The third kappa shape index (κ3) is 6.56. The highest BCUT2D eigenvalue weighted by Crippen LogP contribution is 2.21. The summed E-state index contributed by atoms with van der Waals surface area (Å²) in [6.45, 7) is 7.97. The molecule has 0 spiro atoms. The third-order valence-corrected chi connectivity index (χ3v) is 4.31. The minimum Gasteiger partial charge on any atom is -0.314 e. The minimum absolute atomic E-state index is 0.709. The van der Waals surface area contributed by atoms with E-state index in [0.717, 1.165) is 12.5 Å². The number of unbranched alkanes of at least 4 members (excludes halogenated alkanes) is 1. The van der Waals surface area contributed by atoms with E-state index in [1.165, 1.54) is 50.5 Å². The van der Waals surface area contributed by atoms with Crippen LogP contribution in [0.4, 0.5) is 0 Å². The number of rotatable bonds is 11. The average Bonchev–Trinajstić information content (AvgIpc) is 2.49. The lowest BCUT2D eigenvalue weighted by Crippen LogP contribution is -2.36. The predicted molar refractivity (Wildman–Crippen MR) is 90.2 cm³/mol. The van der Waals surface area contributed by atoms with Crippen LogP contribution in [0.2, 0.25) is 0 Å². The number of aryl methyl sites for hydroxylation is 1. The quantitative estimate of drug-likeness (QED) is 0.585. The van der Waals surface area contributed by atoms with Crippen molar-refractivity contribution in [3.8, 4) is 0 Å². The first-order valence-corrected chi connectivity index (χ1v) is 8.59. The van der Waals surface area contributed by atoms with Crippen LogP contribution in [0.15, 0.2) is 30.3 Å². The van der Waals surface area contributed by atoms with E-state index in [1.54, 1.807) is 0 Å². The number of nitrogens with one attached hydrogen (secondary N) is 1. The highest BCUT2D eigenvalue weighted by atomic mass is 14.9. The van der Waals surface area contributed by atoms with Crippen LogP contribution in [0.5, 0.6) is 0 Å². The fourth-order valence-corrected chi connectivity index (χ4v) is 3.09. The third-order valence-electron chi connectivity index (χ3n) is 4.31. The van der Waals surface area contributed by atoms with Crippen LogP contribution in [0.1, 0.15) is 64.9 Å². The first-order chi connectivity index (χ1) is 9.81. The summed E-state index contributed by atoms with van der Waals surface area (Å²) in [6, 6.07) is 11.6. The molecule has 114 valence electrons. The van der Waals surface area contributed by atoms with Gasteiger partial charge in [-0.3, -0.25) is 0 Å². The maximum atomic E-state index is 3.73. The molecule has 0 aliphatic carbocycles. The van der Waals surface area contributed by atoms with Crippen LogP contribution in [0, 0.1) is 5.92 Å². The molecule has 20 heavy (non-hydrogen) atoms. The Bertz CT molecular complexity index is 320. The fraction of sp³-hybridized carbons (Fsp3) is 0.684. The molecule has 2 unspecified atom stereocenters. The van der Waals surface area contributed by atoms with Gasteiger partial charge < -0.3 is 5.32 Å². The monoisotopic (exact) mass is 275 g/mol. The molecule has 0 aliphatic heterocycles. The molecular formula is C19H33N. The van der Waals surface area contributed by atoms with E-state index >= 15 is 0 Å². The van der Waals surface area contributed by atoms with Crippen molar-refractivity contribution in [1.82, 2.24) is 5.32 Å². The van der Waals surface area contributed by atoms with Crippen molar-refractivity contribution in [3.63, 3.8) is 0 Å². The van der Waals surface area contributed by atoms with Crippen LogP contribution in [-0.2, 0) is 6.42 Å². The first kappa shape index (κ1) is 17.2. The molecular weight excluding hydrogens is 242 g/mol. The average molecular weight is 275 g/mol. The molecule has 1 rings (SSSR count). The van der Waals surface area contributed by atoms with E-state index in [2.05, 4.69) is 56.4 Å². The van der Waals surface area contributed by atoms with Gasteiger partial charge in [0.05, 0.1) is 0 Å². The van der Waals surface area contributed by atoms with Gasteiger partial charge in [0.1, 0.15) is 0 Å². The highest BCUT2D eigenvalue weighted by molar-refractivity contribution is 5.14. The lowest BCUT2D eigenvalue weighted by molar-refractivity contribution is 0.302. The van der Waals surface area contributed by atoms with E-state index in [0.29, 0.717) is 6.04 Å². The van der Waals surface area contributed by atoms with Crippen molar-refractivity contribution in [3.05, 3.63) is 35.9 Å². The van der Waals surface area contributed by atoms with Gasteiger partial charge in [0.25, 0.3) is 0 Å². The van der Waals surface area contributed by atoms with Crippen molar-refractivity contribution in [2.24, 2.45) is 5.92 Å². The molecule has 1 nitrogen and oxygen atoms in total. The van der Waals surface area contributed by atoms with Crippen LogP contribution in [0.3, 0.4) is 0 Å². The summed E-state index contributed by atoms with van der Waals surface area (Å²) in [5.74, 6) is 0.852. The van der Waals surface area contributed by atoms with Gasteiger partial charge in [0, 0.05) is 6.04 Å². The molecule has 0 bridgehead atoms. The van der Waals surface area contributed by atoms with Gasteiger partial charge in [0.15, 0.2) is 0 Å². The predicted octanol–water partition coefficient (Wildman–Crippen LogP) is 5.20. The fourth-order valence-electron chi connectivity index (χ4n) is 3.09. The van der Waals surface area contributed by atoms with Gasteiger partial charge in [-0.1, -0.05) is 70.4 Å². The van der Waals surface area contributed by atoms with Crippen LogP contribution in [0.25, 0.3) is 0 Å². The summed E-state index contributed by atoms with van der Waals surface area (Å²) in [5, 5.41) is 3.73. The molecule has 0 aliphatic rings. The zero-order valence-corrected chi connectivity index (χ0v) is 13.7. The summed E-state index contributed by atoms with van der Waals surface area (Å²) in [6.07, 6.45) is 9.21. The maximum absolute atomic E-state index is 3.73. The van der Waals surface area contributed by atoms with Gasteiger partial charge >= 0.3 is 0 Å². The van der Waals surface area contributed by atoms with Gasteiger partial charge in [-0.05, 0) is 43.7 Å². The van der Waals surface area contributed by atoms with E-state index < -0.39 is 0 Å². The van der Waals surface area contributed by atoms with Gasteiger partial charge in [0.2, 0.25) is 0 Å². The van der Waals surface area contributed by atoms with Crippen LogP contribution in [-0.4, -0.2) is 12.6 Å². The molecule has 1 heteroatoms. The molecule has 1 aromatic rings. The summed E-state index contributed by atoms with van der Waals surface area (Å²) in [7, 11) is 0. The van der Waals surface area contributed by atoms with Crippen molar-refractivity contribution >= 4 is 0 Å². The molecule has 1 aromatic carbocycles. The van der Waals surface area contributed by atoms with Gasteiger partial charge in [-0.15, -0.1) is 0 Å². The SMILES string of the molecule is CCCCC(CC)C(CCCc1ccccc1)NCC. The normalized spacial score (nSPS) is 14.2. The zero-order chi connectivity index (χ0) is 14.6. The van der Waals surface area contributed by atoms with E-state index in [9.17, 15) is 0 Å². The van der Waals surface area contributed by atoms with Crippen LogP contribution >= 0.6 is 0 Å². The second kappa shape index (κ2) is 10.9. The Morgan fingerprint density at radius 1 is 0.950 bits per heavy atom. The van der Waals surface area contributed by atoms with Crippen molar-refractivity contribution in [2.75, 3.05) is 6.54 Å². The van der Waals surface area contributed by atoms with Crippen molar-refractivity contribution < 1.29 is 0 Å². The molecule has 0 radical (unpaired) electrons. The zero-order valence-electron chi connectivity index (χ0n) is 13.7. The Labute approximate surface area is 126 Å². The van der Waals surface area contributed by atoms with E-state index in [4.69, 9.17) is 0 Å².